The molecule has 22 heavy (non-hydrogen) atoms. The fourth-order valence-electron chi connectivity index (χ4n) is 2.07. The number of benzene rings is 1. The number of rotatable bonds is 7. The number of aliphatic imine (C=N–C) groups is 1. The third-order valence-electron chi connectivity index (χ3n) is 3.22. The van der Waals surface area contributed by atoms with Crippen LogP contribution in [0, 0.1) is 0 Å². The monoisotopic (exact) mass is 307 g/mol. The maximum Gasteiger partial charge on any atom is 0.188 e. The Labute approximate surface area is 131 Å². The second-order valence-corrected chi connectivity index (χ2v) is 5.01. The van der Waals surface area contributed by atoms with E-state index >= 15 is 0 Å². The van der Waals surface area contributed by atoms with Crippen molar-refractivity contribution in [1.29, 1.82) is 0 Å². The highest BCUT2D eigenvalue weighted by molar-refractivity contribution is 5.77. The fourth-order valence-corrected chi connectivity index (χ4v) is 2.07. The molecule has 6 nitrogen and oxygen atoms in total. The van der Waals surface area contributed by atoms with E-state index in [1.807, 2.05) is 25.1 Å². The molecular weight excluding hydrogens is 282 g/mol. The van der Waals surface area contributed by atoms with Gasteiger partial charge in [0.15, 0.2) is 17.5 Å². The molecule has 2 rings (SSSR count). The van der Waals surface area contributed by atoms with E-state index < -0.39 is 0 Å². The third kappa shape index (κ3) is 5.44. The molecule has 0 saturated heterocycles. The van der Waals surface area contributed by atoms with E-state index in [0.717, 1.165) is 49.7 Å². The number of nitrogens with two attached hydrogens (primary N) is 1. The van der Waals surface area contributed by atoms with Gasteiger partial charge in [-0.2, -0.15) is 0 Å². The Balaban J connectivity index is 1.80. The molecule has 0 spiro atoms. The number of guanidine groups is 1. The Kier molecular flexibility index (Phi) is 6.83. The highest BCUT2D eigenvalue weighted by Crippen LogP contribution is 2.30. The van der Waals surface area contributed by atoms with Crippen LogP contribution in [0.2, 0.25) is 0 Å². The quantitative estimate of drug-likeness (QED) is 0.455. The van der Waals surface area contributed by atoms with Crippen LogP contribution in [0.4, 0.5) is 0 Å². The molecule has 122 valence electrons. The zero-order chi connectivity index (χ0) is 15.6. The van der Waals surface area contributed by atoms with Gasteiger partial charge in [0, 0.05) is 26.2 Å². The van der Waals surface area contributed by atoms with Crippen molar-refractivity contribution in [2.24, 2.45) is 10.7 Å². The maximum atomic E-state index is 5.84. The molecule has 0 bridgehead atoms. The van der Waals surface area contributed by atoms with E-state index in [9.17, 15) is 0 Å². The van der Waals surface area contributed by atoms with Gasteiger partial charge in [-0.15, -0.1) is 0 Å². The summed E-state index contributed by atoms with van der Waals surface area (Å²) < 4.78 is 16.5. The van der Waals surface area contributed by atoms with E-state index in [2.05, 4.69) is 10.3 Å². The van der Waals surface area contributed by atoms with Crippen LogP contribution in [0.1, 0.15) is 25.3 Å². The van der Waals surface area contributed by atoms with Crippen LogP contribution in [0.3, 0.4) is 0 Å². The fraction of sp³-hybridized carbons (Fsp3) is 0.562. The topological polar surface area (TPSA) is 78.1 Å². The van der Waals surface area contributed by atoms with Gasteiger partial charge in [0.25, 0.3) is 0 Å². The zero-order valence-corrected chi connectivity index (χ0v) is 13.1. The second kappa shape index (κ2) is 9.15. The molecule has 0 unspecified atom stereocenters. The average molecular weight is 307 g/mol. The molecule has 1 aliphatic rings. The van der Waals surface area contributed by atoms with Crippen LogP contribution < -0.4 is 20.5 Å². The molecule has 3 N–H and O–H groups in total. The molecular formula is C16H25N3O3. The number of hydrogen-bond acceptors (Lipinski definition) is 4. The average Bonchev–Trinajstić information content (AvgIpc) is 2.77. The first-order valence-corrected chi connectivity index (χ1v) is 7.79. The minimum Gasteiger partial charge on any atom is -0.490 e. The Morgan fingerprint density at radius 2 is 2.14 bits per heavy atom. The van der Waals surface area contributed by atoms with Crippen LogP contribution in [0.25, 0.3) is 0 Å². The van der Waals surface area contributed by atoms with Crippen LogP contribution in [-0.4, -0.2) is 38.9 Å². The predicted molar refractivity (Wildman–Crippen MR) is 86.5 cm³/mol. The summed E-state index contributed by atoms with van der Waals surface area (Å²) in [6, 6.07) is 5.88. The van der Waals surface area contributed by atoms with Crippen molar-refractivity contribution < 1.29 is 14.2 Å². The largest absolute Gasteiger partial charge is 0.490 e. The molecule has 0 atom stereocenters. The van der Waals surface area contributed by atoms with Gasteiger partial charge in [-0.1, -0.05) is 6.07 Å². The molecule has 0 amide bonds. The number of nitrogens with zero attached hydrogens (tertiary/aromatic N) is 1. The lowest BCUT2D eigenvalue weighted by Crippen LogP contribution is -2.32. The molecule has 1 heterocycles. The van der Waals surface area contributed by atoms with E-state index in [0.29, 0.717) is 25.7 Å². The first-order chi connectivity index (χ1) is 10.8. The molecule has 1 aliphatic heterocycles. The predicted octanol–water partition coefficient (Wildman–Crippen LogP) is 1.68. The normalized spacial score (nSPS) is 14.5. The summed E-state index contributed by atoms with van der Waals surface area (Å²) >= 11 is 0. The lowest BCUT2D eigenvalue weighted by atomic mass is 10.2. The summed E-state index contributed by atoms with van der Waals surface area (Å²) in [5, 5.41) is 3.08. The van der Waals surface area contributed by atoms with E-state index in [-0.39, 0.29) is 0 Å². The number of nitrogens with one attached hydrogen (secondary N) is 1. The van der Waals surface area contributed by atoms with Crippen LogP contribution >= 0.6 is 0 Å². The van der Waals surface area contributed by atoms with Gasteiger partial charge in [0.1, 0.15) is 0 Å². The van der Waals surface area contributed by atoms with E-state index in [1.54, 1.807) is 0 Å². The van der Waals surface area contributed by atoms with E-state index in [1.165, 1.54) is 0 Å². The van der Waals surface area contributed by atoms with Crippen molar-refractivity contribution in [2.75, 3.05) is 33.0 Å². The molecule has 0 saturated carbocycles. The Morgan fingerprint density at radius 3 is 2.95 bits per heavy atom. The van der Waals surface area contributed by atoms with Crippen LogP contribution in [-0.2, 0) is 11.3 Å². The SMILES string of the molecule is CCOCCCNC(N)=NCc1ccc2c(c1)OCCCO2. The highest BCUT2D eigenvalue weighted by atomic mass is 16.5. The minimum absolute atomic E-state index is 0.448. The molecule has 1 aromatic rings. The van der Waals surface area contributed by atoms with Crippen molar-refractivity contribution in [3.63, 3.8) is 0 Å². The highest BCUT2D eigenvalue weighted by Gasteiger charge is 2.10. The lowest BCUT2D eigenvalue weighted by molar-refractivity contribution is 0.145. The number of hydrogen-bond donors (Lipinski definition) is 2. The molecule has 1 aromatic carbocycles. The molecule has 0 aromatic heterocycles. The Hall–Kier alpha value is -1.95. The van der Waals surface area contributed by atoms with Crippen molar-refractivity contribution in [3.05, 3.63) is 23.8 Å². The van der Waals surface area contributed by atoms with Gasteiger partial charge in [-0.05, 0) is 31.0 Å². The summed E-state index contributed by atoms with van der Waals surface area (Å²) in [6.45, 7) is 6.12. The Bertz CT molecular complexity index is 492. The van der Waals surface area contributed by atoms with Crippen LogP contribution in [0.15, 0.2) is 23.2 Å². The first kappa shape index (κ1) is 16.4. The summed E-state index contributed by atoms with van der Waals surface area (Å²) in [4.78, 5) is 4.33. The van der Waals surface area contributed by atoms with E-state index in [4.69, 9.17) is 19.9 Å². The first-order valence-electron chi connectivity index (χ1n) is 7.79. The molecule has 6 heteroatoms. The Morgan fingerprint density at radius 1 is 1.32 bits per heavy atom. The summed E-state index contributed by atoms with van der Waals surface area (Å²) in [5.41, 5.74) is 6.89. The van der Waals surface area contributed by atoms with Crippen LogP contribution in [0.5, 0.6) is 11.5 Å². The molecule has 0 aliphatic carbocycles. The smallest absolute Gasteiger partial charge is 0.188 e. The van der Waals surface area contributed by atoms with Gasteiger partial charge in [-0.3, -0.25) is 0 Å². The van der Waals surface area contributed by atoms with Crippen molar-refractivity contribution in [3.8, 4) is 11.5 Å². The second-order valence-electron chi connectivity index (χ2n) is 5.01. The van der Waals surface area contributed by atoms with Crippen molar-refractivity contribution in [1.82, 2.24) is 5.32 Å². The minimum atomic E-state index is 0.448. The summed E-state index contributed by atoms with van der Waals surface area (Å²) in [7, 11) is 0. The van der Waals surface area contributed by atoms with Gasteiger partial charge >= 0.3 is 0 Å². The summed E-state index contributed by atoms with van der Waals surface area (Å²) in [6.07, 6.45) is 1.81. The number of fused-ring (bicyclic) bond motifs is 1. The maximum absolute atomic E-state index is 5.84. The molecule has 0 radical (unpaired) electrons. The zero-order valence-electron chi connectivity index (χ0n) is 13.1. The standard InChI is InChI=1S/C16H25N3O3/c1-2-20-8-3-7-18-16(17)19-12-13-5-6-14-15(11-13)22-10-4-9-21-14/h5-6,11H,2-4,7-10,12H2,1H3,(H3,17,18,19). The van der Waals surface area contributed by atoms with Crippen molar-refractivity contribution >= 4 is 5.96 Å². The molecule has 0 fully saturated rings. The number of ether oxygens (including phenoxy) is 3. The van der Waals surface area contributed by atoms with Gasteiger partial charge in [0.2, 0.25) is 0 Å². The van der Waals surface area contributed by atoms with Crippen molar-refractivity contribution in [2.45, 2.75) is 26.3 Å². The lowest BCUT2D eigenvalue weighted by Gasteiger charge is -2.09. The summed E-state index contributed by atoms with van der Waals surface area (Å²) in [5.74, 6) is 2.03. The van der Waals surface area contributed by atoms with Gasteiger partial charge < -0.3 is 25.3 Å². The third-order valence-corrected chi connectivity index (χ3v) is 3.22. The van der Waals surface area contributed by atoms with Gasteiger partial charge in [0.05, 0.1) is 19.8 Å². The van der Waals surface area contributed by atoms with Gasteiger partial charge in [-0.25, -0.2) is 4.99 Å².